The van der Waals surface area contributed by atoms with Crippen LogP contribution in [0.5, 0.6) is 5.75 Å². The quantitative estimate of drug-likeness (QED) is 0.358. The number of aromatic nitrogens is 2. The smallest absolute Gasteiger partial charge is 0.291 e. The predicted octanol–water partition coefficient (Wildman–Crippen LogP) is 6.07. The number of ether oxygens (including phenoxy) is 1. The lowest BCUT2D eigenvalue weighted by atomic mass is 10.2. The van der Waals surface area contributed by atoms with Crippen LogP contribution in [0.2, 0.25) is 5.02 Å². The third-order valence-corrected chi connectivity index (χ3v) is 5.49. The van der Waals surface area contributed by atoms with Crippen molar-refractivity contribution in [3.63, 3.8) is 0 Å². The van der Waals surface area contributed by atoms with Crippen molar-refractivity contribution in [1.82, 2.24) is 9.78 Å². The highest BCUT2D eigenvalue weighted by Gasteiger charge is 2.18. The zero-order valence-corrected chi connectivity index (χ0v) is 19.2. The van der Waals surface area contributed by atoms with Gasteiger partial charge in [-0.3, -0.25) is 9.48 Å². The SMILES string of the molecule is Cc1cc(Cl)ccc1OCc1ccc(C(=O)Nc2c(C)nn(Cc3ccc(F)cc3)c2C)o1. The van der Waals surface area contributed by atoms with Gasteiger partial charge in [0.15, 0.2) is 5.76 Å². The molecule has 1 N–H and O–H groups in total. The van der Waals surface area contributed by atoms with Gasteiger partial charge in [-0.1, -0.05) is 23.7 Å². The molecule has 0 saturated heterocycles. The van der Waals surface area contributed by atoms with Gasteiger partial charge < -0.3 is 14.5 Å². The van der Waals surface area contributed by atoms with Crippen LogP contribution in [0.1, 0.15) is 38.8 Å². The second-order valence-electron chi connectivity index (χ2n) is 7.75. The van der Waals surface area contributed by atoms with Gasteiger partial charge in [0.1, 0.15) is 23.9 Å². The standard InChI is InChI=1S/C25H23ClFN3O3/c1-15-12-19(26)6-10-22(15)32-14-21-9-11-23(33-21)25(31)28-24-16(2)29-30(17(24)3)13-18-4-7-20(27)8-5-18/h4-12H,13-14H2,1-3H3,(H,28,31). The molecule has 0 aliphatic heterocycles. The highest BCUT2D eigenvalue weighted by Crippen LogP contribution is 2.24. The molecule has 4 rings (SSSR count). The van der Waals surface area contributed by atoms with Crippen molar-refractivity contribution in [3.8, 4) is 5.75 Å². The first-order valence-electron chi connectivity index (χ1n) is 10.4. The van der Waals surface area contributed by atoms with E-state index in [-0.39, 0.29) is 24.1 Å². The zero-order valence-electron chi connectivity index (χ0n) is 18.5. The number of hydrogen-bond donors (Lipinski definition) is 1. The second-order valence-corrected chi connectivity index (χ2v) is 8.18. The van der Waals surface area contributed by atoms with E-state index in [1.165, 1.54) is 12.1 Å². The average molecular weight is 468 g/mol. The minimum absolute atomic E-state index is 0.173. The number of hydrogen-bond acceptors (Lipinski definition) is 4. The molecular formula is C25H23ClFN3O3. The predicted molar refractivity (Wildman–Crippen MR) is 124 cm³/mol. The van der Waals surface area contributed by atoms with E-state index in [1.54, 1.807) is 41.1 Å². The van der Waals surface area contributed by atoms with Crippen LogP contribution >= 0.6 is 11.6 Å². The van der Waals surface area contributed by atoms with E-state index in [2.05, 4.69) is 10.4 Å². The normalized spacial score (nSPS) is 10.9. The summed E-state index contributed by atoms with van der Waals surface area (Å²) in [6, 6.07) is 14.9. The number of anilines is 1. The number of aryl methyl sites for hydroxylation is 2. The summed E-state index contributed by atoms with van der Waals surface area (Å²) >= 11 is 5.97. The van der Waals surface area contributed by atoms with Gasteiger partial charge in [-0.05, 0) is 74.4 Å². The topological polar surface area (TPSA) is 69.3 Å². The number of halogens is 2. The number of carbonyl (C=O) groups excluding carboxylic acids is 1. The molecule has 0 spiro atoms. The molecule has 6 nitrogen and oxygen atoms in total. The molecule has 0 unspecified atom stereocenters. The molecule has 0 radical (unpaired) electrons. The molecule has 1 amide bonds. The monoisotopic (exact) mass is 467 g/mol. The summed E-state index contributed by atoms with van der Waals surface area (Å²) in [7, 11) is 0. The van der Waals surface area contributed by atoms with Crippen molar-refractivity contribution in [2.24, 2.45) is 0 Å². The van der Waals surface area contributed by atoms with Gasteiger partial charge >= 0.3 is 0 Å². The first-order chi connectivity index (χ1) is 15.8. The summed E-state index contributed by atoms with van der Waals surface area (Å²) in [6.07, 6.45) is 0. The summed E-state index contributed by atoms with van der Waals surface area (Å²) in [5.74, 6) is 0.728. The molecular weight excluding hydrogens is 445 g/mol. The van der Waals surface area contributed by atoms with E-state index < -0.39 is 0 Å². The number of benzene rings is 2. The molecule has 2 heterocycles. The first-order valence-corrected chi connectivity index (χ1v) is 10.8. The van der Waals surface area contributed by atoms with Gasteiger partial charge in [0.2, 0.25) is 0 Å². The Morgan fingerprint density at radius 3 is 2.61 bits per heavy atom. The first kappa shape index (κ1) is 22.6. The lowest BCUT2D eigenvalue weighted by Crippen LogP contribution is -2.12. The molecule has 0 fully saturated rings. The molecule has 0 aliphatic rings. The Morgan fingerprint density at radius 2 is 1.88 bits per heavy atom. The highest BCUT2D eigenvalue weighted by molar-refractivity contribution is 6.30. The molecule has 0 aliphatic carbocycles. The van der Waals surface area contributed by atoms with E-state index in [4.69, 9.17) is 20.8 Å². The van der Waals surface area contributed by atoms with E-state index in [0.717, 1.165) is 16.8 Å². The molecule has 2 aromatic carbocycles. The van der Waals surface area contributed by atoms with Crippen LogP contribution in [-0.4, -0.2) is 15.7 Å². The fourth-order valence-corrected chi connectivity index (χ4v) is 3.70. The summed E-state index contributed by atoms with van der Waals surface area (Å²) < 4.78 is 26.4. The maximum Gasteiger partial charge on any atom is 0.291 e. The lowest BCUT2D eigenvalue weighted by molar-refractivity contribution is 0.0992. The van der Waals surface area contributed by atoms with Crippen molar-refractivity contribution >= 4 is 23.2 Å². The Bertz CT molecular complexity index is 1290. The Balaban J connectivity index is 1.42. The van der Waals surface area contributed by atoms with E-state index in [1.807, 2.05) is 26.8 Å². The van der Waals surface area contributed by atoms with Crippen molar-refractivity contribution in [3.05, 3.63) is 99.5 Å². The van der Waals surface area contributed by atoms with Crippen LogP contribution in [0, 0.1) is 26.6 Å². The fraction of sp³-hybridized carbons (Fsp3) is 0.200. The minimum atomic E-state index is -0.378. The molecule has 0 saturated carbocycles. The molecule has 2 aromatic heterocycles. The third-order valence-electron chi connectivity index (χ3n) is 5.26. The van der Waals surface area contributed by atoms with Gasteiger partial charge in [-0.25, -0.2) is 4.39 Å². The number of nitrogens with one attached hydrogen (secondary N) is 1. The van der Waals surface area contributed by atoms with E-state index in [0.29, 0.717) is 34.5 Å². The largest absolute Gasteiger partial charge is 0.485 e. The Morgan fingerprint density at radius 1 is 1.12 bits per heavy atom. The van der Waals surface area contributed by atoms with Gasteiger partial charge in [0.05, 0.1) is 23.6 Å². The second kappa shape index (κ2) is 9.50. The molecule has 33 heavy (non-hydrogen) atoms. The van der Waals surface area contributed by atoms with Gasteiger partial charge in [-0.15, -0.1) is 0 Å². The van der Waals surface area contributed by atoms with Gasteiger partial charge in [0, 0.05) is 5.02 Å². The van der Waals surface area contributed by atoms with Crippen molar-refractivity contribution in [2.75, 3.05) is 5.32 Å². The van der Waals surface area contributed by atoms with Crippen LogP contribution in [0.3, 0.4) is 0 Å². The van der Waals surface area contributed by atoms with E-state index in [9.17, 15) is 9.18 Å². The van der Waals surface area contributed by atoms with Crippen LogP contribution in [-0.2, 0) is 13.2 Å². The highest BCUT2D eigenvalue weighted by atomic mass is 35.5. The summed E-state index contributed by atoms with van der Waals surface area (Å²) in [4.78, 5) is 12.8. The molecule has 170 valence electrons. The van der Waals surface area contributed by atoms with E-state index >= 15 is 0 Å². The Hall–Kier alpha value is -3.58. The zero-order chi connectivity index (χ0) is 23.5. The molecule has 0 atom stereocenters. The van der Waals surface area contributed by atoms with Crippen LogP contribution in [0.25, 0.3) is 0 Å². The minimum Gasteiger partial charge on any atom is -0.485 e. The van der Waals surface area contributed by atoms with Crippen LogP contribution in [0.15, 0.2) is 59.0 Å². The lowest BCUT2D eigenvalue weighted by Gasteiger charge is -2.08. The van der Waals surface area contributed by atoms with Crippen LogP contribution in [0.4, 0.5) is 10.1 Å². The molecule has 4 aromatic rings. The average Bonchev–Trinajstić information content (AvgIpc) is 3.35. The Kier molecular flexibility index (Phi) is 6.51. The number of nitrogens with zero attached hydrogens (tertiary/aromatic N) is 2. The van der Waals surface area contributed by atoms with Crippen molar-refractivity contribution in [1.29, 1.82) is 0 Å². The van der Waals surface area contributed by atoms with Crippen molar-refractivity contribution < 1.29 is 18.3 Å². The number of furan rings is 1. The van der Waals surface area contributed by atoms with Crippen molar-refractivity contribution in [2.45, 2.75) is 33.9 Å². The number of amides is 1. The van der Waals surface area contributed by atoms with Crippen LogP contribution < -0.4 is 10.1 Å². The Labute approximate surface area is 195 Å². The summed E-state index contributed by atoms with van der Waals surface area (Å²) in [6.45, 7) is 6.25. The summed E-state index contributed by atoms with van der Waals surface area (Å²) in [5.41, 5.74) is 3.91. The maximum absolute atomic E-state index is 13.2. The number of rotatable bonds is 7. The van der Waals surface area contributed by atoms with Gasteiger partial charge in [-0.2, -0.15) is 5.10 Å². The molecule has 8 heteroatoms. The van der Waals surface area contributed by atoms with Gasteiger partial charge in [0.25, 0.3) is 5.91 Å². The molecule has 0 bridgehead atoms. The summed E-state index contributed by atoms with van der Waals surface area (Å²) in [5, 5.41) is 8.03. The third kappa shape index (κ3) is 5.26. The fourth-order valence-electron chi connectivity index (χ4n) is 3.47. The number of carbonyl (C=O) groups is 1. The maximum atomic E-state index is 13.2.